The predicted octanol–water partition coefficient (Wildman–Crippen LogP) is -0.845. The Bertz CT molecular complexity index is 257. The van der Waals surface area contributed by atoms with Crippen LogP contribution in [0.25, 0.3) is 0 Å². The van der Waals surface area contributed by atoms with Crippen LogP contribution in [0.4, 0.5) is 0 Å². The Morgan fingerprint density at radius 1 is 1.73 bits per heavy atom. The van der Waals surface area contributed by atoms with E-state index in [4.69, 9.17) is 10.8 Å². The number of nitrogens with two attached hydrogens (primary N) is 1. The molecule has 0 spiro atoms. The summed E-state index contributed by atoms with van der Waals surface area (Å²) < 4.78 is 4.54. The van der Waals surface area contributed by atoms with E-state index in [1.54, 1.807) is 0 Å². The van der Waals surface area contributed by atoms with Gasteiger partial charge in [0, 0.05) is 0 Å². The minimum absolute atomic E-state index is 0.0814. The lowest BCUT2D eigenvalue weighted by Gasteiger charge is -1.82. The lowest BCUT2D eigenvalue weighted by atomic mass is 10.4. The Morgan fingerprint density at radius 2 is 2.45 bits per heavy atom. The van der Waals surface area contributed by atoms with Crippen LogP contribution in [-0.4, -0.2) is 21.2 Å². The molecule has 0 amide bonds. The quantitative estimate of drug-likeness (QED) is 0.592. The summed E-state index contributed by atoms with van der Waals surface area (Å²) in [4.78, 5) is 13.8. The molecule has 0 fully saturated rings. The molecule has 1 aromatic rings. The molecule has 0 aromatic carbocycles. The third-order valence-corrected chi connectivity index (χ3v) is 0.995. The van der Waals surface area contributed by atoms with Gasteiger partial charge in [-0.15, -0.1) is 0 Å². The van der Waals surface area contributed by atoms with Crippen molar-refractivity contribution in [3.05, 3.63) is 11.7 Å². The van der Waals surface area contributed by atoms with Crippen LogP contribution < -0.4 is 5.73 Å². The van der Waals surface area contributed by atoms with Crippen LogP contribution in [0.2, 0.25) is 0 Å². The average molecular weight is 157 g/mol. The van der Waals surface area contributed by atoms with E-state index >= 15 is 0 Å². The first-order valence-corrected chi connectivity index (χ1v) is 2.95. The lowest BCUT2D eigenvalue weighted by molar-refractivity contribution is -0.136. The molecule has 1 aromatic heterocycles. The van der Waals surface area contributed by atoms with Gasteiger partial charge in [0.1, 0.15) is 6.42 Å². The Morgan fingerprint density at radius 3 is 2.91 bits per heavy atom. The van der Waals surface area contributed by atoms with E-state index < -0.39 is 5.97 Å². The maximum atomic E-state index is 10.1. The number of aromatic nitrogens is 2. The van der Waals surface area contributed by atoms with Crippen LogP contribution in [0.5, 0.6) is 0 Å². The largest absolute Gasteiger partial charge is 0.481 e. The molecule has 0 saturated carbocycles. The highest BCUT2D eigenvalue weighted by Crippen LogP contribution is 1.96. The first kappa shape index (κ1) is 7.67. The molecule has 0 aliphatic rings. The van der Waals surface area contributed by atoms with Crippen molar-refractivity contribution in [2.45, 2.75) is 13.0 Å². The van der Waals surface area contributed by atoms with Gasteiger partial charge in [-0.2, -0.15) is 4.98 Å². The van der Waals surface area contributed by atoms with Gasteiger partial charge in [-0.05, 0) is 0 Å². The van der Waals surface area contributed by atoms with Gasteiger partial charge in [0.25, 0.3) is 0 Å². The number of carboxylic acids is 1. The molecule has 60 valence electrons. The van der Waals surface area contributed by atoms with Crippen LogP contribution in [-0.2, 0) is 17.8 Å². The molecule has 0 aliphatic carbocycles. The normalized spacial score (nSPS) is 9.91. The van der Waals surface area contributed by atoms with Gasteiger partial charge >= 0.3 is 5.97 Å². The smallest absolute Gasteiger partial charge is 0.312 e. The van der Waals surface area contributed by atoms with Gasteiger partial charge in [0.2, 0.25) is 5.89 Å². The second kappa shape index (κ2) is 3.11. The maximum Gasteiger partial charge on any atom is 0.312 e. The number of hydrogen-bond acceptors (Lipinski definition) is 5. The maximum absolute atomic E-state index is 10.1. The van der Waals surface area contributed by atoms with E-state index in [1.807, 2.05) is 0 Å². The topological polar surface area (TPSA) is 102 Å². The monoisotopic (exact) mass is 157 g/mol. The van der Waals surface area contributed by atoms with Crippen LogP contribution >= 0.6 is 0 Å². The molecule has 0 radical (unpaired) electrons. The molecule has 1 heterocycles. The Kier molecular flexibility index (Phi) is 2.17. The van der Waals surface area contributed by atoms with Crippen molar-refractivity contribution >= 4 is 5.97 Å². The van der Waals surface area contributed by atoms with Gasteiger partial charge in [-0.1, -0.05) is 5.16 Å². The SMILES string of the molecule is NCc1noc(CC(=O)O)n1. The average Bonchev–Trinajstić information content (AvgIpc) is 2.34. The molecule has 0 saturated heterocycles. The summed E-state index contributed by atoms with van der Waals surface area (Å²) >= 11 is 0. The molecule has 3 N–H and O–H groups in total. The molecule has 11 heavy (non-hydrogen) atoms. The number of nitrogens with zero attached hydrogens (tertiary/aromatic N) is 2. The summed E-state index contributed by atoms with van der Waals surface area (Å²) in [5, 5.41) is 11.7. The fraction of sp³-hybridized carbons (Fsp3) is 0.400. The summed E-state index contributed by atoms with van der Waals surface area (Å²) in [6, 6.07) is 0. The van der Waals surface area contributed by atoms with Crippen LogP contribution in [0.1, 0.15) is 11.7 Å². The number of carbonyl (C=O) groups is 1. The Labute approximate surface area is 62.0 Å². The molecule has 6 nitrogen and oxygen atoms in total. The summed E-state index contributed by atoms with van der Waals surface area (Å²) in [5.74, 6) is -0.601. The zero-order valence-corrected chi connectivity index (χ0v) is 5.65. The molecular weight excluding hydrogens is 150 g/mol. The predicted molar refractivity (Wildman–Crippen MR) is 33.5 cm³/mol. The molecule has 0 bridgehead atoms. The fourth-order valence-corrected chi connectivity index (χ4v) is 0.574. The van der Waals surface area contributed by atoms with Crippen LogP contribution in [0.3, 0.4) is 0 Å². The summed E-state index contributed by atoms with van der Waals surface area (Å²) in [6.07, 6.45) is -0.257. The van der Waals surface area contributed by atoms with Gasteiger partial charge in [-0.25, -0.2) is 0 Å². The molecule has 0 atom stereocenters. The summed E-state index contributed by atoms with van der Waals surface area (Å²) in [5.41, 5.74) is 5.16. The molecular formula is C5H7N3O3. The van der Waals surface area contributed by atoms with Crippen molar-refractivity contribution in [1.29, 1.82) is 0 Å². The van der Waals surface area contributed by atoms with Crippen LogP contribution in [0.15, 0.2) is 4.52 Å². The Balaban J connectivity index is 2.65. The van der Waals surface area contributed by atoms with Crippen LogP contribution in [0, 0.1) is 0 Å². The van der Waals surface area contributed by atoms with E-state index in [2.05, 4.69) is 14.7 Å². The number of carboxylic acid groups (broad SMARTS) is 1. The van der Waals surface area contributed by atoms with E-state index in [-0.39, 0.29) is 18.9 Å². The number of hydrogen-bond donors (Lipinski definition) is 2. The van der Waals surface area contributed by atoms with E-state index in [9.17, 15) is 4.79 Å². The highest BCUT2D eigenvalue weighted by atomic mass is 16.5. The molecule has 1 rings (SSSR count). The van der Waals surface area contributed by atoms with Crippen molar-refractivity contribution in [1.82, 2.24) is 10.1 Å². The van der Waals surface area contributed by atoms with Gasteiger partial charge in [-0.3, -0.25) is 4.79 Å². The molecule has 0 aliphatic heterocycles. The minimum Gasteiger partial charge on any atom is -0.481 e. The first-order chi connectivity index (χ1) is 5.22. The van der Waals surface area contributed by atoms with Crippen molar-refractivity contribution < 1.29 is 14.4 Å². The first-order valence-electron chi connectivity index (χ1n) is 2.95. The van der Waals surface area contributed by atoms with Crippen molar-refractivity contribution in [3.8, 4) is 0 Å². The second-order valence-corrected chi connectivity index (χ2v) is 1.88. The van der Waals surface area contributed by atoms with Gasteiger partial charge in [0.05, 0.1) is 6.54 Å². The third-order valence-electron chi connectivity index (χ3n) is 0.995. The van der Waals surface area contributed by atoms with E-state index in [0.717, 1.165) is 0 Å². The summed E-state index contributed by atoms with van der Waals surface area (Å²) in [7, 11) is 0. The lowest BCUT2D eigenvalue weighted by Crippen LogP contribution is -2.01. The van der Waals surface area contributed by atoms with Gasteiger partial charge in [0.15, 0.2) is 5.82 Å². The number of aliphatic carboxylic acids is 1. The zero-order valence-electron chi connectivity index (χ0n) is 5.65. The summed E-state index contributed by atoms with van der Waals surface area (Å²) in [6.45, 7) is 0.156. The fourth-order valence-electron chi connectivity index (χ4n) is 0.574. The zero-order chi connectivity index (χ0) is 8.27. The van der Waals surface area contributed by atoms with Crippen molar-refractivity contribution in [2.75, 3.05) is 0 Å². The standard InChI is InChI=1S/C5H7N3O3/c6-2-3-7-4(11-8-3)1-5(9)10/h1-2,6H2,(H,9,10). The highest BCUT2D eigenvalue weighted by Gasteiger charge is 2.08. The Hall–Kier alpha value is -1.43. The van der Waals surface area contributed by atoms with Crippen molar-refractivity contribution in [3.63, 3.8) is 0 Å². The molecule has 0 unspecified atom stereocenters. The highest BCUT2D eigenvalue weighted by molar-refractivity contribution is 5.68. The second-order valence-electron chi connectivity index (χ2n) is 1.88. The minimum atomic E-state index is -1.00. The van der Waals surface area contributed by atoms with Gasteiger partial charge < -0.3 is 15.4 Å². The number of rotatable bonds is 3. The van der Waals surface area contributed by atoms with E-state index in [1.165, 1.54) is 0 Å². The molecule has 6 heteroatoms. The van der Waals surface area contributed by atoms with Crippen molar-refractivity contribution in [2.24, 2.45) is 5.73 Å². The van der Waals surface area contributed by atoms with E-state index in [0.29, 0.717) is 5.82 Å². The third kappa shape index (κ3) is 2.01.